The summed E-state index contributed by atoms with van der Waals surface area (Å²) in [5, 5.41) is 2.73. The van der Waals surface area contributed by atoms with Crippen LogP contribution in [0.2, 0.25) is 5.15 Å². The number of nitrogens with one attached hydrogen (secondary N) is 1. The highest BCUT2D eigenvalue weighted by atomic mass is 35.5. The first-order chi connectivity index (χ1) is 16.7. The third-order valence-electron chi connectivity index (χ3n) is 5.31. The molecule has 0 aliphatic heterocycles. The number of carbonyl (C=O) groups is 1. The van der Waals surface area contributed by atoms with Gasteiger partial charge in [0.05, 0.1) is 26.1 Å². The van der Waals surface area contributed by atoms with Crippen LogP contribution >= 0.6 is 19.3 Å². The van der Waals surface area contributed by atoms with Crippen molar-refractivity contribution in [2.45, 2.75) is 25.4 Å². The normalized spacial score (nSPS) is 20.0. The van der Waals surface area contributed by atoms with Crippen molar-refractivity contribution in [1.82, 2.24) is 24.6 Å². The highest BCUT2D eigenvalue weighted by Gasteiger charge is 2.34. The number of imidazole rings is 1. The molecule has 14 heteroatoms. The number of benzene rings is 1. The predicted octanol–water partition coefficient (Wildman–Crippen LogP) is 3.67. The topological polar surface area (TPSA) is 143 Å². The van der Waals surface area contributed by atoms with E-state index in [1.54, 1.807) is 6.33 Å². The Kier molecular flexibility index (Phi) is 7.36. The molecule has 0 amide bonds. The van der Waals surface area contributed by atoms with Gasteiger partial charge in [-0.1, -0.05) is 23.8 Å². The molecule has 186 valence electrons. The van der Waals surface area contributed by atoms with Gasteiger partial charge in [0.15, 0.2) is 10.8 Å². The van der Waals surface area contributed by atoms with Crippen molar-refractivity contribution in [3.05, 3.63) is 53.7 Å². The lowest BCUT2D eigenvalue weighted by Crippen LogP contribution is -2.34. The van der Waals surface area contributed by atoms with Crippen LogP contribution in [0.5, 0.6) is 5.75 Å². The van der Waals surface area contributed by atoms with Crippen LogP contribution in [0, 0.1) is 11.7 Å². The molecular formula is C21H23ClFN6O5P. The molecule has 0 saturated heterocycles. The van der Waals surface area contributed by atoms with E-state index in [0.717, 1.165) is 12.1 Å². The molecule has 1 unspecified atom stereocenters. The highest BCUT2D eigenvalue weighted by molar-refractivity contribution is 7.52. The number of esters is 1. The summed E-state index contributed by atoms with van der Waals surface area (Å²) < 4.78 is 44.4. The minimum absolute atomic E-state index is 0.0108. The molecule has 0 fully saturated rings. The molecule has 0 bridgehead atoms. The number of fused-ring (bicyclic) bond motifs is 1. The van der Waals surface area contributed by atoms with Crippen LogP contribution in [-0.2, 0) is 18.6 Å². The Morgan fingerprint density at radius 3 is 2.80 bits per heavy atom. The van der Waals surface area contributed by atoms with Crippen LogP contribution in [0.3, 0.4) is 0 Å². The summed E-state index contributed by atoms with van der Waals surface area (Å²) in [6, 6.07) is 3.83. The Morgan fingerprint density at radius 1 is 1.34 bits per heavy atom. The first-order valence-electron chi connectivity index (χ1n) is 10.6. The Morgan fingerprint density at radius 2 is 2.09 bits per heavy atom. The van der Waals surface area contributed by atoms with Crippen molar-refractivity contribution in [3.8, 4) is 5.75 Å². The van der Waals surface area contributed by atoms with Crippen LogP contribution in [0.25, 0.3) is 11.2 Å². The van der Waals surface area contributed by atoms with E-state index in [0.29, 0.717) is 17.6 Å². The second-order valence-electron chi connectivity index (χ2n) is 7.86. The van der Waals surface area contributed by atoms with Crippen LogP contribution in [0.1, 0.15) is 19.4 Å². The molecule has 11 nitrogen and oxygen atoms in total. The van der Waals surface area contributed by atoms with Gasteiger partial charge in [-0.25, -0.2) is 13.9 Å². The molecule has 2 aromatic heterocycles. The predicted molar refractivity (Wildman–Crippen MR) is 126 cm³/mol. The molecule has 0 radical (unpaired) electrons. The summed E-state index contributed by atoms with van der Waals surface area (Å²) in [6.07, 6.45) is 6.04. The molecular weight excluding hydrogens is 502 g/mol. The van der Waals surface area contributed by atoms with Crippen molar-refractivity contribution >= 4 is 42.4 Å². The maximum absolute atomic E-state index is 13.5. The molecule has 4 atom stereocenters. The van der Waals surface area contributed by atoms with Crippen LogP contribution in [0.15, 0.2) is 42.7 Å². The van der Waals surface area contributed by atoms with E-state index in [1.165, 1.54) is 26.2 Å². The van der Waals surface area contributed by atoms with Gasteiger partial charge in [-0.2, -0.15) is 15.1 Å². The number of nitrogens with two attached hydrogens (primary N) is 1. The van der Waals surface area contributed by atoms with E-state index in [9.17, 15) is 13.8 Å². The first-order valence-corrected chi connectivity index (χ1v) is 12.5. The van der Waals surface area contributed by atoms with E-state index in [1.807, 2.05) is 16.7 Å². The zero-order valence-corrected chi connectivity index (χ0v) is 20.4. The van der Waals surface area contributed by atoms with Gasteiger partial charge < -0.3 is 19.6 Å². The van der Waals surface area contributed by atoms with E-state index in [4.69, 9.17) is 26.4 Å². The fourth-order valence-electron chi connectivity index (χ4n) is 3.61. The zero-order valence-electron chi connectivity index (χ0n) is 18.8. The van der Waals surface area contributed by atoms with Crippen LogP contribution in [-0.4, -0.2) is 45.2 Å². The second-order valence-corrected chi connectivity index (χ2v) is 9.91. The largest absolute Gasteiger partial charge is 0.468 e. The molecule has 2 heterocycles. The Labute approximate surface area is 205 Å². The second kappa shape index (κ2) is 10.3. The van der Waals surface area contributed by atoms with E-state index < -0.39 is 25.6 Å². The third-order valence-corrected chi connectivity index (χ3v) is 7.21. The van der Waals surface area contributed by atoms with Crippen molar-refractivity contribution < 1.29 is 27.5 Å². The number of carbonyl (C=O) groups excluding carboxylic acids is 1. The number of anilines is 1. The highest BCUT2D eigenvalue weighted by Crippen LogP contribution is 2.46. The maximum atomic E-state index is 13.5. The number of hydrogen-bond acceptors (Lipinski definition) is 9. The molecule has 3 N–H and O–H groups in total. The minimum Gasteiger partial charge on any atom is -0.468 e. The quantitative estimate of drug-likeness (QED) is 0.184. The Balaban J connectivity index is 1.46. The number of nitrogens with zero attached hydrogens (tertiary/aromatic N) is 4. The summed E-state index contributed by atoms with van der Waals surface area (Å²) in [4.78, 5) is 24.3. The van der Waals surface area contributed by atoms with Crippen molar-refractivity contribution in [2.24, 2.45) is 5.92 Å². The number of allylic oxidation sites excluding steroid dienone is 1. The monoisotopic (exact) mass is 524 g/mol. The van der Waals surface area contributed by atoms with E-state index >= 15 is 0 Å². The van der Waals surface area contributed by atoms with Crippen molar-refractivity contribution in [3.63, 3.8) is 0 Å². The average molecular weight is 525 g/mol. The van der Waals surface area contributed by atoms with Gasteiger partial charge in [0, 0.05) is 5.92 Å². The molecule has 3 aromatic rings. The molecule has 1 aliphatic carbocycles. The number of ether oxygens (including phenoxy) is 1. The molecule has 1 aliphatic rings. The molecule has 0 saturated carbocycles. The number of nitrogen functional groups attached to an aromatic ring is 1. The third kappa shape index (κ3) is 5.79. The maximum Gasteiger partial charge on any atom is 0.459 e. The van der Waals surface area contributed by atoms with E-state index in [2.05, 4.69) is 24.8 Å². The summed E-state index contributed by atoms with van der Waals surface area (Å²) in [5.41, 5.74) is 6.66. The lowest BCUT2D eigenvalue weighted by molar-refractivity contribution is -0.142. The number of halogens is 2. The van der Waals surface area contributed by atoms with Crippen molar-refractivity contribution in [2.75, 3.05) is 19.5 Å². The lowest BCUT2D eigenvalue weighted by Gasteiger charge is -2.23. The van der Waals surface area contributed by atoms with Crippen molar-refractivity contribution in [1.29, 1.82) is 0 Å². The van der Waals surface area contributed by atoms with Gasteiger partial charge in [-0.05, 0) is 37.6 Å². The van der Waals surface area contributed by atoms with Crippen LogP contribution < -0.4 is 15.3 Å². The first kappa shape index (κ1) is 25.1. The van der Waals surface area contributed by atoms with Gasteiger partial charge >= 0.3 is 13.7 Å². The van der Waals surface area contributed by atoms with Gasteiger partial charge in [0.25, 0.3) is 0 Å². The molecule has 1 aromatic carbocycles. The SMILES string of the molecule is COC(=O)[C@H](C)NP(=O)(OC[C@@H]1C=C[C@H](n2cnc3c(Cl)nc(N)nc32)C1)Oc1ccc(F)cc1. The summed E-state index contributed by atoms with van der Waals surface area (Å²) in [7, 11) is -2.83. The summed E-state index contributed by atoms with van der Waals surface area (Å²) in [6.45, 7) is 1.47. The number of methoxy groups -OCH3 is 1. The smallest absolute Gasteiger partial charge is 0.459 e. The summed E-state index contributed by atoms with van der Waals surface area (Å²) >= 11 is 6.11. The Bertz CT molecular complexity index is 1300. The van der Waals surface area contributed by atoms with Gasteiger partial charge in [-0.15, -0.1) is 0 Å². The number of aromatic nitrogens is 4. The standard InChI is InChI=1S/C21H23ClFN6O5P/c1-12(20(30)32-2)28-35(31,34-16-7-4-14(23)5-8-16)33-10-13-3-6-15(9-13)29-11-25-17-18(22)26-21(24)27-19(17)29/h3-8,11-13,15H,9-10H2,1-2H3,(H,28,31)(H2,24,26,27)/t12-,13+,15-,35?/m0/s1. The minimum atomic E-state index is -4.04. The lowest BCUT2D eigenvalue weighted by atomic mass is 10.1. The molecule has 35 heavy (non-hydrogen) atoms. The van der Waals surface area contributed by atoms with Crippen LogP contribution in [0.4, 0.5) is 10.3 Å². The van der Waals surface area contributed by atoms with E-state index in [-0.39, 0.29) is 35.4 Å². The zero-order chi connectivity index (χ0) is 25.2. The number of rotatable bonds is 9. The summed E-state index contributed by atoms with van der Waals surface area (Å²) in [5.74, 6) is -1.13. The fourth-order valence-corrected chi connectivity index (χ4v) is 5.37. The van der Waals surface area contributed by atoms with Gasteiger partial charge in [0.2, 0.25) is 5.95 Å². The number of hydrogen-bond donors (Lipinski definition) is 2. The average Bonchev–Trinajstić information content (AvgIpc) is 3.45. The Hall–Kier alpha value is -3.05. The molecule has 0 spiro atoms. The fraction of sp³-hybridized carbons (Fsp3) is 0.333. The van der Waals surface area contributed by atoms with Gasteiger partial charge in [-0.3, -0.25) is 9.32 Å². The van der Waals surface area contributed by atoms with Gasteiger partial charge in [0.1, 0.15) is 23.1 Å². The molecule has 4 rings (SSSR count).